The van der Waals surface area contributed by atoms with E-state index in [1.54, 1.807) is 24.3 Å². The van der Waals surface area contributed by atoms with Gasteiger partial charge in [-0.1, -0.05) is 25.4 Å². The van der Waals surface area contributed by atoms with Gasteiger partial charge in [0, 0.05) is 37.6 Å². The molecule has 0 aliphatic carbocycles. The summed E-state index contributed by atoms with van der Waals surface area (Å²) in [6, 6.07) is 5.46. The minimum absolute atomic E-state index is 0.109. The minimum atomic E-state index is -0.109. The Labute approximate surface area is 130 Å². The van der Waals surface area contributed by atoms with Gasteiger partial charge in [-0.25, -0.2) is 4.79 Å². The van der Waals surface area contributed by atoms with Gasteiger partial charge >= 0.3 is 6.03 Å². The van der Waals surface area contributed by atoms with Crippen molar-refractivity contribution in [3.8, 4) is 11.3 Å². The maximum Gasteiger partial charge on any atom is 0.317 e. The van der Waals surface area contributed by atoms with E-state index in [-0.39, 0.29) is 6.03 Å². The lowest BCUT2D eigenvalue weighted by molar-refractivity contribution is 0.199. The minimum Gasteiger partial charge on any atom is -0.359 e. The third-order valence-corrected chi connectivity index (χ3v) is 3.57. The van der Waals surface area contributed by atoms with E-state index in [1.807, 2.05) is 18.2 Å². The number of rotatable bonds is 6. The average Bonchev–Trinajstić information content (AvgIpc) is 3.01. The molecule has 6 heteroatoms. The molecule has 0 fully saturated rings. The molecular formula is C16H22N4O2. The summed E-state index contributed by atoms with van der Waals surface area (Å²) >= 11 is 0. The molecule has 0 aromatic carbocycles. The number of amides is 2. The van der Waals surface area contributed by atoms with Gasteiger partial charge in [0.25, 0.3) is 0 Å². The first kappa shape index (κ1) is 16.0. The standard InChI is InChI=1S/C16H22N4O2/c1-4-12(2)10-18-16(21)20(3)11-14-9-15(19-22-14)13-5-7-17-8-6-13/h5-9,12H,4,10-11H2,1-3H3,(H,18,21)/t12-/m1/s1. The van der Waals surface area contributed by atoms with E-state index in [4.69, 9.17) is 4.52 Å². The van der Waals surface area contributed by atoms with Gasteiger partial charge < -0.3 is 14.7 Å². The predicted octanol–water partition coefficient (Wildman–Crippen LogP) is 2.92. The molecule has 118 valence electrons. The topological polar surface area (TPSA) is 71.3 Å². The highest BCUT2D eigenvalue weighted by atomic mass is 16.5. The summed E-state index contributed by atoms with van der Waals surface area (Å²) in [5, 5.41) is 6.93. The first-order chi connectivity index (χ1) is 10.6. The molecule has 2 aromatic rings. The molecule has 0 saturated carbocycles. The molecule has 2 heterocycles. The molecule has 0 saturated heterocycles. The number of carbonyl (C=O) groups is 1. The summed E-state index contributed by atoms with van der Waals surface area (Å²) in [5.74, 6) is 1.12. The maximum absolute atomic E-state index is 12.0. The number of hydrogen-bond acceptors (Lipinski definition) is 4. The lowest BCUT2D eigenvalue weighted by atomic mass is 10.1. The molecule has 0 aliphatic rings. The number of hydrogen-bond donors (Lipinski definition) is 1. The molecule has 1 N–H and O–H groups in total. The Kier molecular flexibility index (Phi) is 5.52. The lowest BCUT2D eigenvalue weighted by Crippen LogP contribution is -2.38. The largest absolute Gasteiger partial charge is 0.359 e. The number of pyridine rings is 1. The second-order valence-corrected chi connectivity index (χ2v) is 5.47. The van der Waals surface area contributed by atoms with Gasteiger partial charge in [0.2, 0.25) is 0 Å². The first-order valence-electron chi connectivity index (χ1n) is 7.45. The number of nitrogens with zero attached hydrogens (tertiary/aromatic N) is 3. The molecule has 0 bridgehead atoms. The van der Waals surface area contributed by atoms with Crippen LogP contribution in [0.5, 0.6) is 0 Å². The lowest BCUT2D eigenvalue weighted by Gasteiger charge is -2.18. The SMILES string of the molecule is CC[C@@H](C)CNC(=O)N(C)Cc1cc(-c2ccncc2)no1. The van der Waals surface area contributed by atoms with E-state index in [0.29, 0.717) is 24.8 Å². The molecule has 6 nitrogen and oxygen atoms in total. The van der Waals surface area contributed by atoms with Crippen LogP contribution in [0.15, 0.2) is 35.1 Å². The molecule has 2 rings (SSSR count). The summed E-state index contributed by atoms with van der Waals surface area (Å²) in [4.78, 5) is 17.5. The molecule has 0 radical (unpaired) electrons. The monoisotopic (exact) mass is 302 g/mol. The van der Waals surface area contributed by atoms with Crippen molar-refractivity contribution in [3.05, 3.63) is 36.4 Å². The molecule has 0 unspecified atom stereocenters. The molecular weight excluding hydrogens is 280 g/mol. The quantitative estimate of drug-likeness (QED) is 0.890. The van der Waals surface area contributed by atoms with Gasteiger partial charge in [-0.15, -0.1) is 0 Å². The Bertz CT molecular complexity index is 597. The second kappa shape index (κ2) is 7.59. The van der Waals surface area contributed by atoms with Gasteiger partial charge in [0.1, 0.15) is 5.69 Å². The maximum atomic E-state index is 12.0. The van der Waals surface area contributed by atoms with E-state index >= 15 is 0 Å². The van der Waals surface area contributed by atoms with Crippen LogP contribution in [0.1, 0.15) is 26.0 Å². The Morgan fingerprint density at radius 1 is 1.41 bits per heavy atom. The number of urea groups is 1. The highest BCUT2D eigenvalue weighted by Gasteiger charge is 2.13. The van der Waals surface area contributed by atoms with Crippen molar-refractivity contribution in [2.75, 3.05) is 13.6 Å². The van der Waals surface area contributed by atoms with Gasteiger partial charge in [-0.05, 0) is 18.1 Å². The Balaban J connectivity index is 1.91. The Morgan fingerprint density at radius 3 is 2.82 bits per heavy atom. The smallest absolute Gasteiger partial charge is 0.317 e. The fourth-order valence-corrected chi connectivity index (χ4v) is 1.89. The zero-order valence-corrected chi connectivity index (χ0v) is 13.2. The van der Waals surface area contributed by atoms with Crippen molar-refractivity contribution < 1.29 is 9.32 Å². The van der Waals surface area contributed by atoms with Gasteiger partial charge in [0.15, 0.2) is 5.76 Å². The van der Waals surface area contributed by atoms with Crippen LogP contribution in [0.25, 0.3) is 11.3 Å². The predicted molar refractivity (Wildman–Crippen MR) is 84.1 cm³/mol. The van der Waals surface area contributed by atoms with Crippen molar-refractivity contribution in [1.82, 2.24) is 20.4 Å². The summed E-state index contributed by atoms with van der Waals surface area (Å²) in [6.07, 6.45) is 4.46. The summed E-state index contributed by atoms with van der Waals surface area (Å²) < 4.78 is 5.29. The average molecular weight is 302 g/mol. The molecule has 2 aromatic heterocycles. The fourth-order valence-electron chi connectivity index (χ4n) is 1.89. The van der Waals surface area contributed by atoms with Gasteiger partial charge in [0.05, 0.1) is 6.54 Å². The molecule has 1 atom stereocenters. The van der Waals surface area contributed by atoms with Crippen molar-refractivity contribution in [2.45, 2.75) is 26.8 Å². The van der Waals surface area contributed by atoms with E-state index in [9.17, 15) is 4.79 Å². The third kappa shape index (κ3) is 4.31. The van der Waals surface area contributed by atoms with Crippen LogP contribution in [-0.2, 0) is 6.54 Å². The van der Waals surface area contributed by atoms with Crippen molar-refractivity contribution in [1.29, 1.82) is 0 Å². The van der Waals surface area contributed by atoms with Gasteiger partial charge in [-0.2, -0.15) is 0 Å². The Hall–Kier alpha value is -2.37. The number of aromatic nitrogens is 2. The first-order valence-corrected chi connectivity index (χ1v) is 7.45. The van der Waals surface area contributed by atoms with E-state index in [1.165, 1.54) is 0 Å². The van der Waals surface area contributed by atoms with Crippen LogP contribution in [0, 0.1) is 5.92 Å². The Morgan fingerprint density at radius 2 is 2.14 bits per heavy atom. The van der Waals surface area contributed by atoms with E-state index in [2.05, 4.69) is 29.3 Å². The van der Waals surface area contributed by atoms with Crippen LogP contribution in [0.4, 0.5) is 4.79 Å². The van der Waals surface area contributed by atoms with Crippen molar-refractivity contribution in [2.24, 2.45) is 5.92 Å². The third-order valence-electron chi connectivity index (χ3n) is 3.57. The van der Waals surface area contributed by atoms with Crippen molar-refractivity contribution >= 4 is 6.03 Å². The molecule has 0 aliphatic heterocycles. The van der Waals surface area contributed by atoms with Crippen LogP contribution in [0.3, 0.4) is 0 Å². The van der Waals surface area contributed by atoms with Crippen LogP contribution in [0.2, 0.25) is 0 Å². The van der Waals surface area contributed by atoms with Crippen LogP contribution in [-0.4, -0.2) is 34.7 Å². The zero-order valence-electron chi connectivity index (χ0n) is 13.2. The highest BCUT2D eigenvalue weighted by Crippen LogP contribution is 2.18. The van der Waals surface area contributed by atoms with Crippen LogP contribution < -0.4 is 5.32 Å². The second-order valence-electron chi connectivity index (χ2n) is 5.47. The summed E-state index contributed by atoms with van der Waals surface area (Å²) in [6.45, 7) is 5.27. The van der Waals surface area contributed by atoms with E-state index in [0.717, 1.165) is 17.7 Å². The summed E-state index contributed by atoms with van der Waals surface area (Å²) in [5.41, 5.74) is 1.68. The molecule has 2 amide bonds. The summed E-state index contributed by atoms with van der Waals surface area (Å²) in [7, 11) is 1.74. The van der Waals surface area contributed by atoms with Crippen LogP contribution >= 0.6 is 0 Å². The number of nitrogens with one attached hydrogen (secondary N) is 1. The fraction of sp³-hybridized carbons (Fsp3) is 0.438. The zero-order chi connectivity index (χ0) is 15.9. The van der Waals surface area contributed by atoms with Crippen molar-refractivity contribution in [3.63, 3.8) is 0 Å². The van der Waals surface area contributed by atoms with Gasteiger partial charge in [-0.3, -0.25) is 4.98 Å². The molecule has 22 heavy (non-hydrogen) atoms. The van der Waals surface area contributed by atoms with E-state index < -0.39 is 0 Å². The molecule has 0 spiro atoms. The number of carbonyl (C=O) groups excluding carboxylic acids is 1. The highest BCUT2D eigenvalue weighted by molar-refractivity contribution is 5.73. The normalized spacial score (nSPS) is 12.0.